The lowest BCUT2D eigenvalue weighted by molar-refractivity contribution is -0.0886. The molecule has 138 valence electrons. The zero-order valence-electron chi connectivity index (χ0n) is 15.5. The van der Waals surface area contributed by atoms with Gasteiger partial charge in [-0.2, -0.15) is 0 Å². The number of amides is 1. The average molecular weight is 358 g/mol. The fourth-order valence-electron chi connectivity index (χ4n) is 2.78. The average Bonchev–Trinajstić information content (AvgIpc) is 2.51. The van der Waals surface area contributed by atoms with Crippen molar-refractivity contribution in [2.24, 2.45) is 0 Å². The van der Waals surface area contributed by atoms with Gasteiger partial charge in [0.15, 0.2) is 5.60 Å². The molecule has 0 N–H and O–H groups in total. The summed E-state index contributed by atoms with van der Waals surface area (Å²) in [6, 6.07) is 10.6. The van der Waals surface area contributed by atoms with Gasteiger partial charge in [-0.1, -0.05) is 17.7 Å². The third-order valence-electron chi connectivity index (χ3n) is 4.07. The molecule has 0 spiro atoms. The fraction of sp³-hybridized carbons (Fsp3) is 0.400. The maximum Gasteiger partial charge on any atom is 0.410 e. The second-order valence-corrected chi connectivity index (χ2v) is 7.61. The summed E-state index contributed by atoms with van der Waals surface area (Å²) in [5, 5.41) is 0. The van der Waals surface area contributed by atoms with E-state index in [1.807, 2.05) is 52.0 Å². The van der Waals surface area contributed by atoms with E-state index in [0.717, 1.165) is 11.8 Å². The lowest BCUT2D eigenvalue weighted by Gasteiger charge is -2.48. The molecule has 1 aliphatic heterocycles. The van der Waals surface area contributed by atoms with Crippen LogP contribution in [-0.4, -0.2) is 34.7 Å². The molecule has 1 aliphatic rings. The first kappa shape index (κ1) is 18.2. The van der Waals surface area contributed by atoms with Gasteiger partial charge in [0.25, 0.3) is 0 Å². The molecule has 1 saturated heterocycles. The van der Waals surface area contributed by atoms with E-state index in [2.05, 4.69) is 4.98 Å². The van der Waals surface area contributed by atoms with Crippen molar-refractivity contribution in [1.29, 1.82) is 0 Å². The molecule has 0 bridgehead atoms. The van der Waals surface area contributed by atoms with E-state index in [0.29, 0.717) is 11.4 Å². The normalized spacial score (nSPS) is 16.0. The first-order valence-corrected chi connectivity index (χ1v) is 8.53. The summed E-state index contributed by atoms with van der Waals surface area (Å²) in [5.41, 5.74) is 0.316. The van der Waals surface area contributed by atoms with Crippen LogP contribution < -0.4 is 4.74 Å². The van der Waals surface area contributed by atoms with Crippen LogP contribution in [0.15, 0.2) is 42.6 Å². The Kier molecular flexibility index (Phi) is 4.61. The fourth-order valence-corrected chi connectivity index (χ4v) is 2.78. The van der Waals surface area contributed by atoms with Crippen LogP contribution in [0.3, 0.4) is 0 Å². The summed E-state index contributed by atoms with van der Waals surface area (Å²) in [7, 11) is 0. The molecule has 5 nitrogen and oxygen atoms in total. The number of hydrogen-bond donors (Lipinski definition) is 0. The number of rotatable bonds is 3. The zero-order chi connectivity index (χ0) is 18.9. The maximum absolute atomic E-state index is 13.3. The molecule has 2 heterocycles. The summed E-state index contributed by atoms with van der Waals surface area (Å²) in [6.45, 7) is 8.03. The highest BCUT2D eigenvalue weighted by Gasteiger charge is 2.51. The number of carbonyl (C=O) groups excluding carboxylic acids is 1. The van der Waals surface area contributed by atoms with E-state index < -0.39 is 23.1 Å². The third-order valence-corrected chi connectivity index (χ3v) is 4.07. The molecule has 3 rings (SSSR count). The minimum absolute atomic E-state index is 0.286. The lowest BCUT2D eigenvalue weighted by atomic mass is 9.89. The van der Waals surface area contributed by atoms with Crippen molar-refractivity contribution in [3.8, 4) is 5.75 Å². The van der Waals surface area contributed by atoms with Crippen LogP contribution in [0.2, 0.25) is 0 Å². The molecule has 0 aliphatic carbocycles. The molecule has 0 radical (unpaired) electrons. The Balaban J connectivity index is 1.81. The molecule has 1 amide bonds. The van der Waals surface area contributed by atoms with Crippen molar-refractivity contribution < 1.29 is 18.7 Å². The topological polar surface area (TPSA) is 51.7 Å². The first-order chi connectivity index (χ1) is 12.2. The van der Waals surface area contributed by atoms with Crippen LogP contribution in [0.4, 0.5) is 9.18 Å². The number of halogens is 1. The first-order valence-electron chi connectivity index (χ1n) is 8.53. The van der Waals surface area contributed by atoms with Gasteiger partial charge in [-0.3, -0.25) is 9.88 Å². The van der Waals surface area contributed by atoms with Gasteiger partial charge in [-0.15, -0.1) is 0 Å². The van der Waals surface area contributed by atoms with Gasteiger partial charge in [0.2, 0.25) is 0 Å². The van der Waals surface area contributed by atoms with Crippen molar-refractivity contribution in [2.45, 2.75) is 38.9 Å². The van der Waals surface area contributed by atoms with Crippen LogP contribution >= 0.6 is 0 Å². The van der Waals surface area contributed by atoms with Crippen molar-refractivity contribution in [3.05, 3.63) is 59.7 Å². The summed E-state index contributed by atoms with van der Waals surface area (Å²) in [4.78, 5) is 18.0. The number of likely N-dealkylation sites (tertiary alicyclic amines) is 1. The molecule has 1 fully saturated rings. The summed E-state index contributed by atoms with van der Waals surface area (Å²) >= 11 is 0. The van der Waals surface area contributed by atoms with Crippen LogP contribution in [0.5, 0.6) is 5.75 Å². The molecular formula is C20H23FN2O3. The highest BCUT2D eigenvalue weighted by molar-refractivity contribution is 5.70. The minimum atomic E-state index is -0.820. The summed E-state index contributed by atoms with van der Waals surface area (Å²) in [6.07, 6.45) is 0.758. The SMILES string of the molecule is Cc1ccc(OC2(c3ccc(F)cn3)CN(C(=O)OC(C)(C)C)C2)cc1. The van der Waals surface area contributed by atoms with Gasteiger partial charge >= 0.3 is 6.09 Å². The number of nitrogens with zero attached hydrogens (tertiary/aromatic N) is 2. The van der Waals surface area contributed by atoms with Crippen LogP contribution in [0, 0.1) is 12.7 Å². The predicted molar refractivity (Wildman–Crippen MR) is 95.5 cm³/mol. The Bertz CT molecular complexity index is 776. The van der Waals surface area contributed by atoms with Gasteiger partial charge in [0.1, 0.15) is 17.2 Å². The summed E-state index contributed by atoms with van der Waals surface area (Å²) < 4.78 is 24.9. The highest BCUT2D eigenvalue weighted by Crippen LogP contribution is 2.37. The number of aryl methyl sites for hydroxylation is 1. The van der Waals surface area contributed by atoms with E-state index >= 15 is 0 Å². The Hall–Kier alpha value is -2.63. The molecule has 0 atom stereocenters. The van der Waals surface area contributed by atoms with E-state index in [1.165, 1.54) is 6.07 Å². The second-order valence-electron chi connectivity index (χ2n) is 7.61. The predicted octanol–water partition coefficient (Wildman–Crippen LogP) is 4.05. The smallest absolute Gasteiger partial charge is 0.410 e. The standard InChI is InChI=1S/C20H23FN2O3/c1-14-5-8-16(9-6-14)25-20(17-10-7-15(21)11-22-17)12-23(13-20)18(24)26-19(2,3)4/h5-11H,12-13H2,1-4H3. The minimum Gasteiger partial charge on any atom is -0.477 e. The third kappa shape index (κ3) is 3.95. The number of aromatic nitrogens is 1. The van der Waals surface area contributed by atoms with E-state index in [9.17, 15) is 9.18 Å². The molecule has 0 saturated carbocycles. The monoisotopic (exact) mass is 358 g/mol. The van der Waals surface area contributed by atoms with Gasteiger partial charge in [0.05, 0.1) is 25.0 Å². The number of hydrogen-bond acceptors (Lipinski definition) is 4. The largest absolute Gasteiger partial charge is 0.477 e. The Morgan fingerprint density at radius 1 is 1.15 bits per heavy atom. The summed E-state index contributed by atoms with van der Waals surface area (Å²) in [5.74, 6) is 0.258. The molecular weight excluding hydrogens is 335 g/mol. The quantitative estimate of drug-likeness (QED) is 0.830. The second kappa shape index (κ2) is 6.59. The number of carbonyl (C=O) groups is 1. The zero-order valence-corrected chi connectivity index (χ0v) is 15.5. The van der Waals surface area contributed by atoms with Gasteiger partial charge < -0.3 is 9.47 Å². The van der Waals surface area contributed by atoms with Crippen LogP contribution in [0.1, 0.15) is 32.0 Å². The van der Waals surface area contributed by atoms with Crippen molar-refractivity contribution in [2.75, 3.05) is 13.1 Å². The number of pyridine rings is 1. The van der Waals surface area contributed by atoms with Crippen LogP contribution in [0.25, 0.3) is 0 Å². The molecule has 6 heteroatoms. The van der Waals surface area contributed by atoms with Crippen LogP contribution in [-0.2, 0) is 10.3 Å². The van der Waals surface area contributed by atoms with Crippen molar-refractivity contribution in [3.63, 3.8) is 0 Å². The van der Waals surface area contributed by atoms with E-state index in [1.54, 1.807) is 11.0 Å². The number of ether oxygens (including phenoxy) is 2. The lowest BCUT2D eigenvalue weighted by Crippen LogP contribution is -2.65. The molecule has 2 aromatic rings. The van der Waals surface area contributed by atoms with Gasteiger partial charge in [-0.05, 0) is 52.0 Å². The molecule has 1 aromatic heterocycles. The van der Waals surface area contributed by atoms with Gasteiger partial charge in [0, 0.05) is 0 Å². The van der Waals surface area contributed by atoms with Gasteiger partial charge in [-0.25, -0.2) is 9.18 Å². The molecule has 0 unspecified atom stereocenters. The van der Waals surface area contributed by atoms with E-state index in [4.69, 9.17) is 9.47 Å². The Labute approximate surface area is 152 Å². The van der Waals surface area contributed by atoms with E-state index in [-0.39, 0.29) is 13.1 Å². The Morgan fingerprint density at radius 3 is 2.35 bits per heavy atom. The van der Waals surface area contributed by atoms with Crippen molar-refractivity contribution in [1.82, 2.24) is 9.88 Å². The Morgan fingerprint density at radius 2 is 1.81 bits per heavy atom. The van der Waals surface area contributed by atoms with Crippen molar-refractivity contribution >= 4 is 6.09 Å². The molecule has 26 heavy (non-hydrogen) atoms. The highest BCUT2D eigenvalue weighted by atomic mass is 19.1. The molecule has 1 aromatic carbocycles. The maximum atomic E-state index is 13.3. The number of benzene rings is 1.